The van der Waals surface area contributed by atoms with Crippen LogP contribution in [0.3, 0.4) is 0 Å². The van der Waals surface area contributed by atoms with Crippen LogP contribution in [0.2, 0.25) is 0 Å². The Morgan fingerprint density at radius 2 is 1.86 bits per heavy atom. The highest BCUT2D eigenvalue weighted by Crippen LogP contribution is 2.18. The molecule has 10 heteroatoms. The van der Waals surface area contributed by atoms with Crippen LogP contribution in [0, 0.1) is 12.8 Å². The van der Waals surface area contributed by atoms with Gasteiger partial charge in [0.1, 0.15) is 5.82 Å². The minimum atomic E-state index is -0.790. The molecule has 3 atom stereocenters. The molecule has 1 aromatic heterocycles. The number of aliphatic imine (C=N–C) groups is 2. The highest BCUT2D eigenvalue weighted by molar-refractivity contribution is 6.39. The Kier molecular flexibility index (Phi) is 5.92. The van der Waals surface area contributed by atoms with Crippen molar-refractivity contribution in [2.45, 2.75) is 53.2 Å². The van der Waals surface area contributed by atoms with Gasteiger partial charge in [0.2, 0.25) is 0 Å². The van der Waals surface area contributed by atoms with Gasteiger partial charge in [0.05, 0.1) is 23.8 Å². The van der Waals surface area contributed by atoms with Crippen LogP contribution in [-0.4, -0.2) is 69.4 Å². The second-order valence-corrected chi connectivity index (χ2v) is 7.47. The Bertz CT molecular complexity index is 893. The maximum atomic E-state index is 12.6. The van der Waals surface area contributed by atoms with Crippen LogP contribution in [-0.2, 0) is 19.1 Å². The van der Waals surface area contributed by atoms with E-state index in [0.717, 1.165) is 0 Å². The highest BCUT2D eigenvalue weighted by Gasteiger charge is 2.31. The number of hydrogen-bond acceptors (Lipinski definition) is 6. The second kappa shape index (κ2) is 8.24. The van der Waals surface area contributed by atoms with E-state index in [-0.39, 0.29) is 35.8 Å². The van der Waals surface area contributed by atoms with Gasteiger partial charge >= 0.3 is 11.8 Å². The zero-order valence-electron chi connectivity index (χ0n) is 17.3. The molecule has 2 aliphatic rings. The predicted molar refractivity (Wildman–Crippen MR) is 107 cm³/mol. The fourth-order valence-corrected chi connectivity index (χ4v) is 3.58. The number of carbonyl (C=O) groups excluding carboxylic acids is 3. The van der Waals surface area contributed by atoms with Gasteiger partial charge in [0.15, 0.2) is 0 Å². The predicted octanol–water partition coefficient (Wildman–Crippen LogP) is 0.997. The topological polar surface area (TPSA) is 118 Å². The first-order chi connectivity index (χ1) is 13.7. The summed E-state index contributed by atoms with van der Waals surface area (Å²) >= 11 is 0. The van der Waals surface area contributed by atoms with E-state index in [4.69, 9.17) is 4.74 Å². The summed E-state index contributed by atoms with van der Waals surface area (Å²) in [7, 11) is 0. The highest BCUT2D eigenvalue weighted by atomic mass is 16.5. The second-order valence-electron chi connectivity index (χ2n) is 7.47. The van der Waals surface area contributed by atoms with Crippen molar-refractivity contribution in [3.8, 4) is 0 Å². The van der Waals surface area contributed by atoms with Crippen LogP contribution < -0.4 is 5.32 Å². The van der Waals surface area contributed by atoms with Gasteiger partial charge in [-0.05, 0) is 34.1 Å². The largest absolute Gasteiger partial charge is 0.372 e. The number of nitrogens with one attached hydrogen (secondary N) is 1. The van der Waals surface area contributed by atoms with Crippen molar-refractivity contribution in [2.24, 2.45) is 15.9 Å². The number of nitrogens with zero attached hydrogens (tertiary/aromatic N) is 5. The van der Waals surface area contributed by atoms with Gasteiger partial charge in [-0.25, -0.2) is 4.99 Å². The van der Waals surface area contributed by atoms with Crippen molar-refractivity contribution in [1.29, 1.82) is 0 Å². The summed E-state index contributed by atoms with van der Waals surface area (Å²) in [6, 6.07) is 1.60. The summed E-state index contributed by atoms with van der Waals surface area (Å²) in [5, 5.41) is 6.85. The van der Waals surface area contributed by atoms with E-state index in [1.54, 1.807) is 19.9 Å². The summed E-state index contributed by atoms with van der Waals surface area (Å²) in [6.45, 7) is 9.79. The van der Waals surface area contributed by atoms with Crippen LogP contribution in [0.15, 0.2) is 16.1 Å². The van der Waals surface area contributed by atoms with E-state index < -0.39 is 11.8 Å². The molecule has 10 nitrogen and oxygen atoms in total. The van der Waals surface area contributed by atoms with E-state index in [2.05, 4.69) is 20.4 Å². The molecule has 1 fully saturated rings. The molecule has 3 unspecified atom stereocenters. The first-order valence-electron chi connectivity index (χ1n) is 9.70. The van der Waals surface area contributed by atoms with Gasteiger partial charge in [0, 0.05) is 24.9 Å². The van der Waals surface area contributed by atoms with Crippen LogP contribution in [0.25, 0.3) is 0 Å². The first kappa shape index (κ1) is 20.8. The zero-order chi connectivity index (χ0) is 21.3. The number of morpholine rings is 1. The third-order valence-corrected chi connectivity index (χ3v) is 4.86. The van der Waals surface area contributed by atoms with Gasteiger partial charge in [-0.1, -0.05) is 6.92 Å². The lowest BCUT2D eigenvalue weighted by Crippen LogP contribution is -2.51. The normalized spacial score (nSPS) is 24.8. The molecule has 29 heavy (non-hydrogen) atoms. The zero-order valence-corrected chi connectivity index (χ0v) is 17.3. The summed E-state index contributed by atoms with van der Waals surface area (Å²) in [5.74, 6) is -1.78. The lowest BCUT2D eigenvalue weighted by molar-refractivity contribution is -0.151. The fourth-order valence-electron chi connectivity index (χ4n) is 3.58. The van der Waals surface area contributed by atoms with Gasteiger partial charge < -0.3 is 15.0 Å². The Morgan fingerprint density at radius 3 is 2.45 bits per heavy atom. The Balaban J connectivity index is 1.80. The molecule has 0 spiro atoms. The van der Waals surface area contributed by atoms with Crippen molar-refractivity contribution < 1.29 is 19.1 Å². The van der Waals surface area contributed by atoms with Gasteiger partial charge in [-0.15, -0.1) is 0 Å². The van der Waals surface area contributed by atoms with Crippen LogP contribution in [0.5, 0.6) is 0 Å². The number of aromatic nitrogens is 2. The summed E-state index contributed by atoms with van der Waals surface area (Å²) < 4.78 is 6.88. The van der Waals surface area contributed by atoms with Crippen LogP contribution >= 0.6 is 0 Å². The number of anilines is 1. The molecule has 3 heterocycles. The molecular weight excluding hydrogens is 376 g/mol. The molecule has 1 aromatic rings. The third-order valence-electron chi connectivity index (χ3n) is 4.86. The Labute approximate surface area is 169 Å². The quantitative estimate of drug-likeness (QED) is 0.740. The smallest absolute Gasteiger partial charge is 0.315 e. The van der Waals surface area contributed by atoms with Gasteiger partial charge in [-0.3, -0.25) is 14.4 Å². The van der Waals surface area contributed by atoms with Crippen molar-refractivity contribution in [3.05, 3.63) is 11.8 Å². The van der Waals surface area contributed by atoms with Crippen molar-refractivity contribution in [1.82, 2.24) is 14.7 Å². The van der Waals surface area contributed by atoms with Crippen molar-refractivity contribution in [2.75, 3.05) is 18.4 Å². The molecule has 0 aromatic carbocycles. The standard InChI is InChI=1S/C19H26N6O4/c1-6-14-13(5)20-19(22-16(14)26)25-15(7-10(2)23-25)21-17(27)18(28)24-8-11(3)29-12(4)9-24/h7,11-12,14H,6,8-9H2,1-5H3,(H,21,27). The van der Waals surface area contributed by atoms with E-state index in [1.165, 1.54) is 9.58 Å². The van der Waals surface area contributed by atoms with Crippen LogP contribution in [0.1, 0.15) is 39.8 Å². The van der Waals surface area contributed by atoms with E-state index in [0.29, 0.717) is 30.9 Å². The Hall–Kier alpha value is -2.88. The number of carbonyl (C=O) groups is 3. The number of aryl methyl sites for hydroxylation is 1. The monoisotopic (exact) mass is 402 g/mol. The minimum Gasteiger partial charge on any atom is -0.372 e. The Morgan fingerprint density at radius 1 is 1.21 bits per heavy atom. The average molecular weight is 402 g/mol. The molecule has 3 rings (SSSR count). The molecule has 3 amide bonds. The summed E-state index contributed by atoms with van der Waals surface area (Å²) in [6.07, 6.45) is 0.321. The van der Waals surface area contributed by atoms with Crippen LogP contribution in [0.4, 0.5) is 5.82 Å². The molecule has 156 valence electrons. The fraction of sp³-hybridized carbons (Fsp3) is 0.579. The molecule has 1 N–H and O–H groups in total. The van der Waals surface area contributed by atoms with Gasteiger partial charge in [-0.2, -0.15) is 14.8 Å². The lowest BCUT2D eigenvalue weighted by Gasteiger charge is -2.34. The number of amides is 3. The molecule has 1 saturated heterocycles. The third kappa shape index (κ3) is 4.42. The maximum Gasteiger partial charge on any atom is 0.315 e. The summed E-state index contributed by atoms with van der Waals surface area (Å²) in [4.78, 5) is 47.3. The molecule has 0 bridgehead atoms. The molecular formula is C19H26N6O4. The van der Waals surface area contributed by atoms with E-state index in [9.17, 15) is 14.4 Å². The molecule has 0 radical (unpaired) electrons. The van der Waals surface area contributed by atoms with E-state index in [1.807, 2.05) is 20.8 Å². The number of ether oxygens (including phenoxy) is 1. The molecule has 2 aliphatic heterocycles. The number of rotatable bonds is 2. The molecule has 0 aliphatic carbocycles. The lowest BCUT2D eigenvalue weighted by atomic mass is 10.00. The van der Waals surface area contributed by atoms with Crippen molar-refractivity contribution >= 4 is 35.2 Å². The molecule has 0 saturated carbocycles. The minimum absolute atomic E-state index is 0.0710. The average Bonchev–Trinajstić information content (AvgIpc) is 3.00. The SMILES string of the molecule is CCC1C(=O)N=C(n2nc(C)cc2NC(=O)C(=O)N2CC(C)OC(C)C2)N=C1C. The van der Waals surface area contributed by atoms with Gasteiger partial charge in [0.25, 0.3) is 11.9 Å². The number of hydrogen-bond donors (Lipinski definition) is 1. The maximum absolute atomic E-state index is 12.6. The van der Waals surface area contributed by atoms with Crippen molar-refractivity contribution in [3.63, 3.8) is 0 Å². The summed E-state index contributed by atoms with van der Waals surface area (Å²) in [5.41, 5.74) is 1.22. The van der Waals surface area contributed by atoms with E-state index >= 15 is 0 Å². The first-order valence-corrected chi connectivity index (χ1v) is 9.70.